The Morgan fingerprint density at radius 2 is 1.80 bits per heavy atom. The van der Waals surface area contributed by atoms with Gasteiger partial charge in [0.15, 0.2) is 11.8 Å². The van der Waals surface area contributed by atoms with Crippen molar-refractivity contribution in [2.75, 3.05) is 13.1 Å². The molecule has 132 valence electrons. The topological polar surface area (TPSA) is 59.5 Å². The van der Waals surface area contributed by atoms with Crippen LogP contribution in [0, 0.1) is 0 Å². The molecule has 1 saturated heterocycles. The molecule has 2 aromatic rings. The minimum atomic E-state index is -0.785. The van der Waals surface area contributed by atoms with Crippen LogP contribution in [0.2, 0.25) is 0 Å². The summed E-state index contributed by atoms with van der Waals surface area (Å²) in [5, 5.41) is 2.44. The third-order valence-electron chi connectivity index (χ3n) is 4.28. The Morgan fingerprint density at radius 3 is 2.48 bits per heavy atom. The van der Waals surface area contributed by atoms with Crippen LogP contribution in [0.15, 0.2) is 35.7 Å². The zero-order valence-electron chi connectivity index (χ0n) is 14.3. The summed E-state index contributed by atoms with van der Waals surface area (Å²) >= 11 is 1.39. The minimum Gasteiger partial charge on any atom is -0.448 e. The second-order valence-corrected chi connectivity index (χ2v) is 7.05. The fourth-order valence-electron chi connectivity index (χ4n) is 2.90. The van der Waals surface area contributed by atoms with E-state index in [1.54, 1.807) is 17.2 Å². The maximum atomic E-state index is 12.5. The molecule has 0 saturated carbocycles. The number of aromatic nitrogens is 1. The standard InChI is InChI=1S/C19H22N2O3S/c1-14(18(22)21-11-7-2-3-8-12-21)24-19(23)16-13-25-17(20-16)15-9-5-4-6-10-15/h4-6,9-10,13-14H,2-3,7-8,11-12H2,1H3. The van der Waals surface area contributed by atoms with Gasteiger partial charge in [0, 0.05) is 24.0 Å². The molecule has 1 aliphatic heterocycles. The summed E-state index contributed by atoms with van der Waals surface area (Å²) in [6.07, 6.45) is 3.54. The van der Waals surface area contributed by atoms with E-state index in [0.29, 0.717) is 0 Å². The van der Waals surface area contributed by atoms with Crippen LogP contribution in [0.25, 0.3) is 10.6 Å². The number of carbonyl (C=O) groups is 2. The van der Waals surface area contributed by atoms with E-state index in [-0.39, 0.29) is 11.6 Å². The predicted octanol–water partition coefficient (Wildman–Crippen LogP) is 3.76. The molecule has 6 heteroatoms. The Balaban J connectivity index is 1.61. The van der Waals surface area contributed by atoms with Gasteiger partial charge in [0.2, 0.25) is 0 Å². The van der Waals surface area contributed by atoms with Crippen molar-refractivity contribution in [3.05, 3.63) is 41.4 Å². The van der Waals surface area contributed by atoms with E-state index in [2.05, 4.69) is 4.98 Å². The summed E-state index contributed by atoms with van der Waals surface area (Å²) < 4.78 is 5.36. The van der Waals surface area contributed by atoms with Crippen molar-refractivity contribution in [2.24, 2.45) is 0 Å². The number of amides is 1. The Bertz CT molecular complexity index is 721. The highest BCUT2D eigenvalue weighted by molar-refractivity contribution is 7.13. The average Bonchev–Trinajstić information content (AvgIpc) is 2.98. The molecule has 0 N–H and O–H groups in total. The van der Waals surface area contributed by atoms with Crippen molar-refractivity contribution in [3.8, 4) is 10.6 Å². The van der Waals surface area contributed by atoms with Gasteiger partial charge in [-0.1, -0.05) is 43.2 Å². The zero-order chi connectivity index (χ0) is 17.6. The highest BCUT2D eigenvalue weighted by atomic mass is 32.1. The van der Waals surface area contributed by atoms with Crippen molar-refractivity contribution < 1.29 is 14.3 Å². The van der Waals surface area contributed by atoms with Gasteiger partial charge in [-0.15, -0.1) is 11.3 Å². The van der Waals surface area contributed by atoms with Crippen LogP contribution in [0.1, 0.15) is 43.1 Å². The number of hydrogen-bond acceptors (Lipinski definition) is 5. The first kappa shape index (κ1) is 17.6. The Morgan fingerprint density at radius 1 is 1.12 bits per heavy atom. The molecule has 0 radical (unpaired) electrons. The predicted molar refractivity (Wildman–Crippen MR) is 97.5 cm³/mol. The van der Waals surface area contributed by atoms with Crippen LogP contribution in [-0.4, -0.2) is 41.0 Å². The number of likely N-dealkylation sites (tertiary alicyclic amines) is 1. The van der Waals surface area contributed by atoms with E-state index < -0.39 is 12.1 Å². The third kappa shape index (κ3) is 4.45. The van der Waals surface area contributed by atoms with Gasteiger partial charge in [-0.3, -0.25) is 4.79 Å². The van der Waals surface area contributed by atoms with E-state index in [4.69, 9.17) is 4.74 Å². The molecule has 1 atom stereocenters. The highest BCUT2D eigenvalue weighted by Gasteiger charge is 2.25. The van der Waals surface area contributed by atoms with Crippen LogP contribution >= 0.6 is 11.3 Å². The summed E-state index contributed by atoms with van der Waals surface area (Å²) in [6, 6.07) is 9.68. The number of esters is 1. The molecule has 1 amide bonds. The maximum absolute atomic E-state index is 12.5. The van der Waals surface area contributed by atoms with Gasteiger partial charge in [-0.2, -0.15) is 0 Å². The van der Waals surface area contributed by atoms with Crippen molar-refractivity contribution in [1.29, 1.82) is 0 Å². The Hall–Kier alpha value is -2.21. The highest BCUT2D eigenvalue weighted by Crippen LogP contribution is 2.24. The quantitative estimate of drug-likeness (QED) is 0.781. The summed E-state index contributed by atoms with van der Waals surface area (Å²) in [7, 11) is 0. The minimum absolute atomic E-state index is 0.117. The van der Waals surface area contributed by atoms with E-state index >= 15 is 0 Å². The van der Waals surface area contributed by atoms with E-state index in [1.807, 2.05) is 30.3 Å². The van der Waals surface area contributed by atoms with Crippen molar-refractivity contribution in [2.45, 2.75) is 38.7 Å². The Kier molecular flexibility index (Phi) is 5.81. The first-order valence-electron chi connectivity index (χ1n) is 8.66. The van der Waals surface area contributed by atoms with Crippen LogP contribution in [0.4, 0.5) is 0 Å². The molecular weight excluding hydrogens is 336 g/mol. The second kappa shape index (κ2) is 8.25. The van der Waals surface area contributed by atoms with Gasteiger partial charge < -0.3 is 9.64 Å². The van der Waals surface area contributed by atoms with Gasteiger partial charge in [-0.25, -0.2) is 9.78 Å². The van der Waals surface area contributed by atoms with Crippen LogP contribution in [0.5, 0.6) is 0 Å². The van der Waals surface area contributed by atoms with Crippen LogP contribution in [0.3, 0.4) is 0 Å². The van der Waals surface area contributed by atoms with Gasteiger partial charge in [0.25, 0.3) is 5.91 Å². The summed E-state index contributed by atoms with van der Waals surface area (Å²) in [4.78, 5) is 30.9. The van der Waals surface area contributed by atoms with Crippen molar-refractivity contribution in [1.82, 2.24) is 9.88 Å². The number of carbonyl (C=O) groups excluding carboxylic acids is 2. The Labute approximate surface area is 151 Å². The van der Waals surface area contributed by atoms with Crippen LogP contribution < -0.4 is 0 Å². The third-order valence-corrected chi connectivity index (χ3v) is 5.17. The number of benzene rings is 1. The summed E-state index contributed by atoms with van der Waals surface area (Å²) in [5.74, 6) is -0.664. The average molecular weight is 358 g/mol. The maximum Gasteiger partial charge on any atom is 0.358 e. The van der Waals surface area contributed by atoms with Crippen LogP contribution in [-0.2, 0) is 9.53 Å². The monoisotopic (exact) mass is 358 g/mol. The summed E-state index contributed by atoms with van der Waals surface area (Å²) in [6.45, 7) is 3.13. The van der Waals surface area contributed by atoms with E-state index in [9.17, 15) is 9.59 Å². The normalized spacial score (nSPS) is 16.1. The molecule has 0 spiro atoms. The molecule has 1 aromatic heterocycles. The molecular formula is C19H22N2O3S. The van der Waals surface area contributed by atoms with Crippen molar-refractivity contribution in [3.63, 3.8) is 0 Å². The first-order chi connectivity index (χ1) is 12.1. The molecule has 25 heavy (non-hydrogen) atoms. The van der Waals surface area contributed by atoms with Gasteiger partial charge >= 0.3 is 5.97 Å². The summed E-state index contributed by atoms with van der Waals surface area (Å²) in [5.41, 5.74) is 1.21. The molecule has 1 aliphatic rings. The van der Waals surface area contributed by atoms with Crippen molar-refractivity contribution >= 4 is 23.2 Å². The number of rotatable bonds is 4. The number of ether oxygens (including phenoxy) is 1. The second-order valence-electron chi connectivity index (χ2n) is 6.19. The lowest BCUT2D eigenvalue weighted by molar-refractivity contribution is -0.139. The van der Waals surface area contributed by atoms with E-state index in [1.165, 1.54) is 11.3 Å². The SMILES string of the molecule is CC(OC(=O)c1csc(-c2ccccc2)n1)C(=O)N1CCCCCC1. The first-order valence-corrected chi connectivity index (χ1v) is 9.54. The zero-order valence-corrected chi connectivity index (χ0v) is 15.1. The largest absolute Gasteiger partial charge is 0.448 e. The van der Waals surface area contributed by atoms with E-state index in [0.717, 1.165) is 49.3 Å². The molecule has 1 unspecified atom stereocenters. The molecule has 2 heterocycles. The lowest BCUT2D eigenvalue weighted by Crippen LogP contribution is -2.40. The number of thiazole rings is 1. The molecule has 1 fully saturated rings. The lowest BCUT2D eigenvalue weighted by Gasteiger charge is -2.23. The number of nitrogens with zero attached hydrogens (tertiary/aromatic N) is 2. The number of hydrogen-bond donors (Lipinski definition) is 0. The van der Waals surface area contributed by atoms with Gasteiger partial charge in [-0.05, 0) is 19.8 Å². The van der Waals surface area contributed by atoms with Gasteiger partial charge in [0.1, 0.15) is 5.01 Å². The molecule has 0 aliphatic carbocycles. The molecule has 3 rings (SSSR count). The fraction of sp³-hybridized carbons (Fsp3) is 0.421. The lowest BCUT2D eigenvalue weighted by atomic mass is 10.2. The smallest absolute Gasteiger partial charge is 0.358 e. The molecule has 0 bridgehead atoms. The van der Waals surface area contributed by atoms with Gasteiger partial charge in [0.05, 0.1) is 0 Å². The molecule has 5 nitrogen and oxygen atoms in total. The fourth-order valence-corrected chi connectivity index (χ4v) is 3.70. The molecule has 1 aromatic carbocycles.